The zero-order valence-corrected chi connectivity index (χ0v) is 10.4. The molecule has 0 spiro atoms. The highest BCUT2D eigenvalue weighted by molar-refractivity contribution is 5.81. The monoisotopic (exact) mass is 258 g/mol. The van der Waals surface area contributed by atoms with Gasteiger partial charge in [0.25, 0.3) is 0 Å². The molecule has 100 valence electrons. The zero-order chi connectivity index (χ0) is 13.6. The van der Waals surface area contributed by atoms with Gasteiger partial charge in [0.05, 0.1) is 5.69 Å². The lowest BCUT2D eigenvalue weighted by molar-refractivity contribution is -0.149. The molecule has 18 heavy (non-hydrogen) atoms. The van der Waals surface area contributed by atoms with E-state index in [0.717, 1.165) is 5.56 Å². The molecule has 0 radical (unpaired) electrons. The van der Waals surface area contributed by atoms with E-state index in [2.05, 4.69) is 5.10 Å². The number of halogens is 2. The van der Waals surface area contributed by atoms with E-state index in [9.17, 15) is 18.7 Å². The minimum atomic E-state index is -2.75. The molecule has 0 aliphatic heterocycles. The third-order valence-electron chi connectivity index (χ3n) is 3.71. The molecule has 1 aromatic heterocycles. The first kappa shape index (κ1) is 13.0. The van der Waals surface area contributed by atoms with Crippen LogP contribution in [0.5, 0.6) is 0 Å². The fourth-order valence-corrected chi connectivity index (χ4v) is 2.67. The standard InChI is InChI=1S/C12H16F2N2O2/c1-8-7-16(2)15-9(8)11(10(17)18)3-5-12(13,14)6-4-11/h7H,3-6H2,1-2H3,(H,17,18). The maximum Gasteiger partial charge on any atom is 0.315 e. The van der Waals surface area contributed by atoms with Gasteiger partial charge in [-0.1, -0.05) is 0 Å². The lowest BCUT2D eigenvalue weighted by atomic mass is 9.70. The lowest BCUT2D eigenvalue weighted by Crippen LogP contribution is -2.43. The van der Waals surface area contributed by atoms with Crippen molar-refractivity contribution in [3.8, 4) is 0 Å². The highest BCUT2D eigenvalue weighted by Crippen LogP contribution is 2.45. The first-order chi connectivity index (χ1) is 8.27. The van der Waals surface area contributed by atoms with Crippen LogP contribution < -0.4 is 0 Å². The number of carboxylic acids is 1. The fraction of sp³-hybridized carbons (Fsp3) is 0.667. The number of nitrogens with zero attached hydrogens (tertiary/aromatic N) is 2. The van der Waals surface area contributed by atoms with Crippen molar-refractivity contribution >= 4 is 5.97 Å². The smallest absolute Gasteiger partial charge is 0.315 e. The largest absolute Gasteiger partial charge is 0.481 e. The van der Waals surface area contributed by atoms with Crippen LogP contribution in [0.15, 0.2) is 6.20 Å². The van der Waals surface area contributed by atoms with Crippen LogP contribution in [-0.2, 0) is 17.3 Å². The third kappa shape index (κ3) is 2.00. The van der Waals surface area contributed by atoms with Crippen molar-refractivity contribution in [3.63, 3.8) is 0 Å². The Hall–Kier alpha value is -1.46. The van der Waals surface area contributed by atoms with E-state index in [1.807, 2.05) is 0 Å². The van der Waals surface area contributed by atoms with Gasteiger partial charge in [0.1, 0.15) is 5.41 Å². The minimum absolute atomic E-state index is 0.0623. The van der Waals surface area contributed by atoms with E-state index in [-0.39, 0.29) is 12.8 Å². The summed E-state index contributed by atoms with van der Waals surface area (Å²) in [6, 6.07) is 0. The molecule has 2 rings (SSSR count). The quantitative estimate of drug-likeness (QED) is 0.885. The topological polar surface area (TPSA) is 55.1 Å². The van der Waals surface area contributed by atoms with E-state index in [4.69, 9.17) is 0 Å². The highest BCUT2D eigenvalue weighted by Gasteiger charge is 2.51. The van der Waals surface area contributed by atoms with E-state index in [1.54, 1.807) is 20.2 Å². The summed E-state index contributed by atoms with van der Waals surface area (Å²) in [5.74, 6) is -3.80. The first-order valence-corrected chi connectivity index (χ1v) is 5.89. The summed E-state index contributed by atoms with van der Waals surface area (Å²) in [6.45, 7) is 1.76. The number of hydrogen-bond donors (Lipinski definition) is 1. The van der Waals surface area contributed by atoms with Crippen molar-refractivity contribution in [2.24, 2.45) is 7.05 Å². The molecule has 1 heterocycles. The molecule has 1 aliphatic carbocycles. The second-order valence-electron chi connectivity index (χ2n) is 5.08. The summed E-state index contributed by atoms with van der Waals surface area (Å²) in [6.07, 6.45) is 0.803. The van der Waals surface area contributed by atoms with Gasteiger partial charge in [0.2, 0.25) is 5.92 Å². The van der Waals surface area contributed by atoms with Crippen LogP contribution in [0.25, 0.3) is 0 Å². The van der Waals surface area contributed by atoms with Crippen LogP contribution in [0.1, 0.15) is 36.9 Å². The summed E-state index contributed by atoms with van der Waals surface area (Å²) >= 11 is 0. The number of aryl methyl sites for hydroxylation is 2. The molecular formula is C12H16F2N2O2. The average Bonchev–Trinajstić information content (AvgIpc) is 2.58. The van der Waals surface area contributed by atoms with Crippen molar-refractivity contribution < 1.29 is 18.7 Å². The highest BCUT2D eigenvalue weighted by atomic mass is 19.3. The Balaban J connectivity index is 2.41. The summed E-state index contributed by atoms with van der Waals surface area (Å²) in [4.78, 5) is 11.6. The number of carbonyl (C=O) groups is 1. The Kier molecular flexibility index (Phi) is 2.91. The van der Waals surface area contributed by atoms with Crippen LogP contribution >= 0.6 is 0 Å². The van der Waals surface area contributed by atoms with Gasteiger partial charge in [-0.05, 0) is 25.3 Å². The predicted octanol–water partition coefficient (Wildman–Crippen LogP) is 2.26. The zero-order valence-electron chi connectivity index (χ0n) is 10.4. The summed E-state index contributed by atoms with van der Waals surface area (Å²) < 4.78 is 28.0. The van der Waals surface area contributed by atoms with E-state index < -0.39 is 30.1 Å². The summed E-state index contributed by atoms with van der Waals surface area (Å²) in [5, 5.41) is 13.6. The Morgan fingerprint density at radius 2 is 1.94 bits per heavy atom. The van der Waals surface area contributed by atoms with Crippen LogP contribution in [0, 0.1) is 6.92 Å². The van der Waals surface area contributed by atoms with Gasteiger partial charge in [-0.25, -0.2) is 8.78 Å². The van der Waals surface area contributed by atoms with Gasteiger partial charge >= 0.3 is 5.97 Å². The normalized spacial score (nSPS) is 21.8. The molecule has 1 N–H and O–H groups in total. The molecule has 0 atom stereocenters. The maximum absolute atomic E-state index is 13.2. The number of alkyl halides is 2. The number of hydrogen-bond acceptors (Lipinski definition) is 2. The molecule has 1 saturated carbocycles. The Morgan fingerprint density at radius 3 is 2.33 bits per heavy atom. The van der Waals surface area contributed by atoms with E-state index in [0.29, 0.717) is 5.69 Å². The van der Waals surface area contributed by atoms with Gasteiger partial charge in [-0.3, -0.25) is 9.48 Å². The minimum Gasteiger partial charge on any atom is -0.481 e. The second-order valence-corrected chi connectivity index (χ2v) is 5.08. The third-order valence-corrected chi connectivity index (χ3v) is 3.71. The molecule has 0 unspecified atom stereocenters. The molecule has 6 heteroatoms. The van der Waals surface area contributed by atoms with Gasteiger partial charge in [0, 0.05) is 26.1 Å². The van der Waals surface area contributed by atoms with E-state index >= 15 is 0 Å². The van der Waals surface area contributed by atoms with Crippen molar-refractivity contribution in [2.45, 2.75) is 43.9 Å². The molecule has 4 nitrogen and oxygen atoms in total. The van der Waals surface area contributed by atoms with Crippen LogP contribution in [0.2, 0.25) is 0 Å². The Labute approximate surface area is 104 Å². The molecule has 1 aromatic rings. The SMILES string of the molecule is Cc1cn(C)nc1C1(C(=O)O)CCC(F)(F)CC1. The second kappa shape index (κ2) is 4.03. The average molecular weight is 258 g/mol. The van der Waals surface area contributed by atoms with Crippen LogP contribution in [0.3, 0.4) is 0 Å². The fourth-order valence-electron chi connectivity index (χ4n) is 2.67. The number of aliphatic carboxylic acids is 1. The van der Waals surface area contributed by atoms with Gasteiger partial charge in [-0.2, -0.15) is 5.10 Å². The first-order valence-electron chi connectivity index (χ1n) is 5.89. The lowest BCUT2D eigenvalue weighted by Gasteiger charge is -2.35. The predicted molar refractivity (Wildman–Crippen MR) is 60.7 cm³/mol. The van der Waals surface area contributed by atoms with Gasteiger partial charge in [-0.15, -0.1) is 0 Å². The Bertz CT molecular complexity index is 472. The van der Waals surface area contributed by atoms with Gasteiger partial charge < -0.3 is 5.11 Å². The van der Waals surface area contributed by atoms with E-state index in [1.165, 1.54) is 4.68 Å². The molecule has 0 aromatic carbocycles. The number of rotatable bonds is 2. The van der Waals surface area contributed by atoms with Gasteiger partial charge in [0.15, 0.2) is 0 Å². The molecule has 0 amide bonds. The van der Waals surface area contributed by atoms with Crippen LogP contribution in [0.4, 0.5) is 8.78 Å². The Morgan fingerprint density at radius 1 is 1.39 bits per heavy atom. The maximum atomic E-state index is 13.2. The number of carboxylic acid groups (broad SMARTS) is 1. The molecular weight excluding hydrogens is 242 g/mol. The van der Waals surface area contributed by atoms with Crippen molar-refractivity contribution in [1.29, 1.82) is 0 Å². The molecule has 1 aliphatic rings. The summed E-state index contributed by atoms with van der Waals surface area (Å²) in [5.41, 5.74) is -0.0920. The number of aromatic nitrogens is 2. The summed E-state index contributed by atoms with van der Waals surface area (Å²) in [7, 11) is 1.70. The molecule has 1 fully saturated rings. The van der Waals surface area contributed by atoms with Crippen molar-refractivity contribution in [2.75, 3.05) is 0 Å². The van der Waals surface area contributed by atoms with Crippen molar-refractivity contribution in [1.82, 2.24) is 9.78 Å². The van der Waals surface area contributed by atoms with Crippen molar-refractivity contribution in [3.05, 3.63) is 17.5 Å². The molecule has 0 bridgehead atoms. The van der Waals surface area contributed by atoms with Crippen LogP contribution in [-0.4, -0.2) is 26.8 Å². The molecule has 0 saturated heterocycles.